The molecule has 158 valence electrons. The number of non-ortho nitro benzene ring substituents is 1. The third-order valence-corrected chi connectivity index (χ3v) is 4.80. The van der Waals surface area contributed by atoms with E-state index in [1.165, 1.54) is 18.2 Å². The Balaban J connectivity index is 1.58. The summed E-state index contributed by atoms with van der Waals surface area (Å²) in [7, 11) is 0. The number of nitrogens with one attached hydrogen (secondary N) is 1. The molecule has 0 heterocycles. The van der Waals surface area contributed by atoms with Gasteiger partial charge in [-0.25, -0.2) is 4.79 Å². The molecular weight excluding hydrogens is 468 g/mol. The fraction of sp³-hybridized carbons (Fsp3) is 0.0909. The second kappa shape index (κ2) is 10.4. The molecule has 0 aliphatic rings. The van der Waals surface area contributed by atoms with Gasteiger partial charge in [-0.2, -0.15) is 0 Å². The first-order valence-electron chi connectivity index (χ1n) is 9.10. The van der Waals surface area contributed by atoms with Crippen LogP contribution in [0.3, 0.4) is 0 Å². The second-order valence-corrected chi connectivity index (χ2v) is 7.16. The van der Waals surface area contributed by atoms with Crippen molar-refractivity contribution in [2.75, 3.05) is 11.9 Å². The number of nitrogens with zero attached hydrogens (tertiary/aromatic N) is 1. The Bertz CT molecular complexity index is 1100. The molecule has 3 rings (SSSR count). The summed E-state index contributed by atoms with van der Waals surface area (Å²) in [5.41, 5.74) is 1.12. The number of nitro benzene ring substituents is 1. The van der Waals surface area contributed by atoms with E-state index in [1.807, 2.05) is 30.3 Å². The molecule has 3 aromatic rings. The highest BCUT2D eigenvalue weighted by Gasteiger charge is 2.16. The van der Waals surface area contributed by atoms with E-state index in [9.17, 15) is 19.7 Å². The second-order valence-electron chi connectivity index (χ2n) is 6.30. The van der Waals surface area contributed by atoms with E-state index in [2.05, 4.69) is 21.2 Å². The van der Waals surface area contributed by atoms with Crippen LogP contribution in [0.5, 0.6) is 5.75 Å². The first-order chi connectivity index (χ1) is 14.9. The highest BCUT2D eigenvalue weighted by atomic mass is 79.9. The van der Waals surface area contributed by atoms with Gasteiger partial charge in [0.2, 0.25) is 0 Å². The minimum atomic E-state index is -0.662. The SMILES string of the molecule is O=C(COC(=O)c1ccccc1COc1ccccc1)Nc1ccc([N+](=O)[O-])cc1Br. The first-order valence-corrected chi connectivity index (χ1v) is 9.90. The fourth-order valence-electron chi connectivity index (χ4n) is 2.64. The molecule has 0 saturated carbocycles. The maximum Gasteiger partial charge on any atom is 0.339 e. The molecule has 0 bridgehead atoms. The summed E-state index contributed by atoms with van der Waals surface area (Å²) < 4.78 is 11.2. The normalized spacial score (nSPS) is 10.2. The molecule has 0 atom stereocenters. The van der Waals surface area contributed by atoms with Crippen LogP contribution < -0.4 is 10.1 Å². The van der Waals surface area contributed by atoms with E-state index in [0.29, 0.717) is 27.0 Å². The van der Waals surface area contributed by atoms with Crippen molar-refractivity contribution in [1.29, 1.82) is 0 Å². The van der Waals surface area contributed by atoms with Crippen molar-refractivity contribution in [3.05, 3.63) is 98.5 Å². The van der Waals surface area contributed by atoms with E-state index in [4.69, 9.17) is 9.47 Å². The number of halogens is 1. The van der Waals surface area contributed by atoms with Crippen LogP contribution in [0.1, 0.15) is 15.9 Å². The van der Waals surface area contributed by atoms with Gasteiger partial charge in [0.15, 0.2) is 6.61 Å². The number of carbonyl (C=O) groups is 2. The Morgan fingerprint density at radius 2 is 1.71 bits per heavy atom. The fourth-order valence-corrected chi connectivity index (χ4v) is 3.10. The highest BCUT2D eigenvalue weighted by molar-refractivity contribution is 9.10. The molecule has 0 radical (unpaired) electrons. The summed E-state index contributed by atoms with van der Waals surface area (Å²) in [5.74, 6) is -0.579. The Morgan fingerprint density at radius 3 is 2.42 bits per heavy atom. The molecular formula is C22H17BrN2O6. The standard InChI is InChI=1S/C22H17BrN2O6/c23-19-12-16(25(28)29)10-11-20(19)24-21(26)14-31-22(27)18-9-5-4-6-15(18)13-30-17-7-2-1-3-8-17/h1-12H,13-14H2,(H,24,26). The zero-order valence-corrected chi connectivity index (χ0v) is 17.7. The van der Waals surface area contributed by atoms with E-state index in [-0.39, 0.29) is 12.3 Å². The number of rotatable bonds is 8. The van der Waals surface area contributed by atoms with Gasteiger partial charge < -0.3 is 14.8 Å². The van der Waals surface area contributed by atoms with Crippen molar-refractivity contribution in [2.45, 2.75) is 6.61 Å². The van der Waals surface area contributed by atoms with Gasteiger partial charge in [-0.3, -0.25) is 14.9 Å². The summed E-state index contributed by atoms with van der Waals surface area (Å²) in [6.45, 7) is -0.354. The largest absolute Gasteiger partial charge is 0.489 e. The van der Waals surface area contributed by atoms with E-state index < -0.39 is 23.4 Å². The maximum absolute atomic E-state index is 12.5. The zero-order chi connectivity index (χ0) is 22.2. The van der Waals surface area contributed by atoms with Crippen molar-refractivity contribution < 1.29 is 24.0 Å². The Morgan fingerprint density at radius 1 is 1.00 bits per heavy atom. The molecule has 1 amide bonds. The van der Waals surface area contributed by atoms with Crippen molar-refractivity contribution in [3.63, 3.8) is 0 Å². The topological polar surface area (TPSA) is 108 Å². The Hall–Kier alpha value is -3.72. The smallest absolute Gasteiger partial charge is 0.339 e. The molecule has 0 spiro atoms. The lowest BCUT2D eigenvalue weighted by atomic mass is 10.1. The number of esters is 1. The van der Waals surface area contributed by atoms with Gasteiger partial charge in [0.1, 0.15) is 12.4 Å². The average Bonchev–Trinajstić information content (AvgIpc) is 2.78. The highest BCUT2D eigenvalue weighted by Crippen LogP contribution is 2.27. The molecule has 0 aliphatic carbocycles. The third kappa shape index (κ3) is 6.13. The van der Waals surface area contributed by atoms with E-state index in [1.54, 1.807) is 24.3 Å². The van der Waals surface area contributed by atoms with Crippen molar-refractivity contribution in [2.24, 2.45) is 0 Å². The van der Waals surface area contributed by atoms with Gasteiger partial charge in [-0.05, 0) is 40.2 Å². The summed E-state index contributed by atoms with van der Waals surface area (Å²) >= 11 is 3.17. The molecule has 0 unspecified atom stereocenters. The van der Waals surface area contributed by atoms with Crippen LogP contribution >= 0.6 is 15.9 Å². The van der Waals surface area contributed by atoms with Crippen LogP contribution in [0.4, 0.5) is 11.4 Å². The van der Waals surface area contributed by atoms with Crippen molar-refractivity contribution in [1.82, 2.24) is 0 Å². The monoisotopic (exact) mass is 484 g/mol. The number of para-hydroxylation sites is 1. The third-order valence-electron chi connectivity index (χ3n) is 4.15. The average molecular weight is 485 g/mol. The van der Waals surface area contributed by atoms with Crippen LogP contribution in [0.2, 0.25) is 0 Å². The van der Waals surface area contributed by atoms with Crippen molar-refractivity contribution in [3.8, 4) is 5.75 Å². The van der Waals surface area contributed by atoms with Crippen LogP contribution in [-0.4, -0.2) is 23.4 Å². The van der Waals surface area contributed by atoms with E-state index >= 15 is 0 Å². The van der Waals surface area contributed by atoms with Crippen LogP contribution in [0.15, 0.2) is 77.3 Å². The summed E-state index contributed by atoms with van der Waals surface area (Å²) in [6.07, 6.45) is 0. The van der Waals surface area contributed by atoms with Gasteiger partial charge >= 0.3 is 5.97 Å². The molecule has 31 heavy (non-hydrogen) atoms. The lowest BCUT2D eigenvalue weighted by Crippen LogP contribution is -2.21. The summed E-state index contributed by atoms with van der Waals surface area (Å²) in [4.78, 5) is 34.9. The minimum absolute atomic E-state index is 0.120. The van der Waals surface area contributed by atoms with Crippen molar-refractivity contribution >= 4 is 39.2 Å². The predicted molar refractivity (Wildman–Crippen MR) is 117 cm³/mol. The van der Waals surface area contributed by atoms with Crippen LogP contribution in [-0.2, 0) is 16.1 Å². The quantitative estimate of drug-likeness (QED) is 0.281. The Kier molecular flexibility index (Phi) is 7.34. The molecule has 0 aromatic heterocycles. The molecule has 0 saturated heterocycles. The number of nitro groups is 1. The first kappa shape index (κ1) is 22.0. The van der Waals surface area contributed by atoms with Gasteiger partial charge in [-0.1, -0.05) is 36.4 Å². The lowest BCUT2D eigenvalue weighted by molar-refractivity contribution is -0.384. The molecule has 8 nitrogen and oxygen atoms in total. The van der Waals surface area contributed by atoms with Gasteiger partial charge in [0, 0.05) is 22.2 Å². The molecule has 9 heteroatoms. The van der Waals surface area contributed by atoms with Crippen LogP contribution in [0, 0.1) is 10.1 Å². The number of amides is 1. The van der Waals surface area contributed by atoms with Gasteiger partial charge in [0.05, 0.1) is 16.2 Å². The molecule has 0 aliphatic heterocycles. The number of hydrogen-bond acceptors (Lipinski definition) is 6. The molecule has 3 aromatic carbocycles. The lowest BCUT2D eigenvalue weighted by Gasteiger charge is -2.11. The minimum Gasteiger partial charge on any atom is -0.489 e. The number of benzene rings is 3. The number of ether oxygens (including phenoxy) is 2. The maximum atomic E-state index is 12.5. The van der Waals surface area contributed by atoms with E-state index in [0.717, 1.165) is 0 Å². The van der Waals surface area contributed by atoms with Gasteiger partial charge in [-0.15, -0.1) is 0 Å². The number of hydrogen-bond donors (Lipinski definition) is 1. The Labute approximate surface area is 186 Å². The number of anilines is 1. The molecule has 1 N–H and O–H groups in total. The zero-order valence-electron chi connectivity index (χ0n) is 16.1. The number of carbonyl (C=O) groups excluding carboxylic acids is 2. The molecule has 0 fully saturated rings. The summed E-state index contributed by atoms with van der Waals surface area (Å²) in [6, 6.07) is 19.9. The van der Waals surface area contributed by atoms with Gasteiger partial charge in [0.25, 0.3) is 11.6 Å². The predicted octanol–water partition coefficient (Wildman–Crippen LogP) is 4.73. The summed E-state index contributed by atoms with van der Waals surface area (Å²) in [5, 5.41) is 13.3. The van der Waals surface area contributed by atoms with Crippen LogP contribution in [0.25, 0.3) is 0 Å².